The Kier molecular flexibility index (Phi) is 4.66. The number of hydrogen-bond acceptors (Lipinski definition) is 2. The first kappa shape index (κ1) is 12.4. The monoisotopic (exact) mass is 226 g/mol. The Hall–Kier alpha value is -0.0800. The molecule has 0 heterocycles. The molecule has 0 saturated heterocycles. The fourth-order valence-corrected chi connectivity index (χ4v) is 3.34. The Balaban J connectivity index is 1.60. The van der Waals surface area contributed by atoms with Crippen molar-refractivity contribution in [3.63, 3.8) is 0 Å². The topological polar surface area (TPSA) is 40.5 Å². The molecular formula is C14H26O2. The summed E-state index contributed by atoms with van der Waals surface area (Å²) in [5.41, 5.74) is 0. The normalized spacial score (nSPS) is 40.9. The second kappa shape index (κ2) is 6.02. The van der Waals surface area contributed by atoms with Crippen LogP contribution in [0.4, 0.5) is 0 Å². The van der Waals surface area contributed by atoms with Crippen LogP contribution in [0.25, 0.3) is 0 Å². The predicted molar refractivity (Wildman–Crippen MR) is 65.2 cm³/mol. The lowest BCUT2D eigenvalue weighted by Gasteiger charge is -2.29. The summed E-state index contributed by atoms with van der Waals surface area (Å²) in [5.74, 6) is 1.74. The van der Waals surface area contributed by atoms with E-state index >= 15 is 0 Å². The first-order valence-corrected chi connectivity index (χ1v) is 7.10. The van der Waals surface area contributed by atoms with Crippen LogP contribution in [0.1, 0.15) is 64.2 Å². The molecule has 0 radical (unpaired) electrons. The summed E-state index contributed by atoms with van der Waals surface area (Å²) in [6, 6.07) is 0. The maximum atomic E-state index is 9.45. The maximum Gasteiger partial charge on any atom is 0.0540 e. The largest absolute Gasteiger partial charge is 0.393 e. The van der Waals surface area contributed by atoms with Crippen molar-refractivity contribution in [3.05, 3.63) is 0 Å². The van der Waals surface area contributed by atoms with Gasteiger partial charge in [-0.15, -0.1) is 0 Å². The van der Waals surface area contributed by atoms with E-state index in [1.807, 2.05) is 0 Å². The van der Waals surface area contributed by atoms with Crippen molar-refractivity contribution in [2.24, 2.45) is 11.8 Å². The molecule has 2 N–H and O–H groups in total. The maximum absolute atomic E-state index is 9.45. The highest BCUT2D eigenvalue weighted by Gasteiger charge is 2.23. The van der Waals surface area contributed by atoms with E-state index in [-0.39, 0.29) is 12.2 Å². The lowest BCUT2D eigenvalue weighted by molar-refractivity contribution is 0.0921. The molecule has 2 saturated carbocycles. The van der Waals surface area contributed by atoms with Gasteiger partial charge in [-0.3, -0.25) is 0 Å². The van der Waals surface area contributed by atoms with Crippen LogP contribution in [0.2, 0.25) is 0 Å². The second-order valence-electron chi connectivity index (χ2n) is 5.93. The van der Waals surface area contributed by atoms with Gasteiger partial charge in [0.1, 0.15) is 0 Å². The van der Waals surface area contributed by atoms with Crippen LogP contribution in [-0.4, -0.2) is 22.4 Å². The summed E-state index contributed by atoms with van der Waals surface area (Å²) in [6.07, 6.45) is 11.7. The molecule has 2 nitrogen and oxygen atoms in total. The third-order valence-electron chi connectivity index (χ3n) is 4.62. The SMILES string of the molecule is OC1CCC(CCC2CCC(O)CC2)CC1. The molecule has 0 bridgehead atoms. The van der Waals surface area contributed by atoms with Gasteiger partial charge in [0.15, 0.2) is 0 Å². The quantitative estimate of drug-likeness (QED) is 0.777. The third-order valence-corrected chi connectivity index (χ3v) is 4.62. The third kappa shape index (κ3) is 3.74. The van der Waals surface area contributed by atoms with Gasteiger partial charge in [0.05, 0.1) is 12.2 Å². The molecule has 2 fully saturated rings. The van der Waals surface area contributed by atoms with Gasteiger partial charge in [-0.2, -0.15) is 0 Å². The molecule has 94 valence electrons. The van der Waals surface area contributed by atoms with Crippen molar-refractivity contribution < 1.29 is 10.2 Å². The van der Waals surface area contributed by atoms with Crippen molar-refractivity contribution in [3.8, 4) is 0 Å². The minimum absolute atomic E-state index is 0.0129. The summed E-state index contributed by atoms with van der Waals surface area (Å²) in [7, 11) is 0. The van der Waals surface area contributed by atoms with E-state index in [2.05, 4.69) is 0 Å². The number of aliphatic hydroxyl groups is 2. The van der Waals surface area contributed by atoms with Crippen LogP contribution >= 0.6 is 0 Å². The zero-order chi connectivity index (χ0) is 11.4. The fourth-order valence-electron chi connectivity index (χ4n) is 3.34. The van der Waals surface area contributed by atoms with Crippen LogP contribution < -0.4 is 0 Å². The molecule has 0 spiro atoms. The van der Waals surface area contributed by atoms with Gasteiger partial charge in [0.25, 0.3) is 0 Å². The highest BCUT2D eigenvalue weighted by molar-refractivity contribution is 4.75. The molecular weight excluding hydrogens is 200 g/mol. The Bertz CT molecular complexity index is 167. The standard InChI is InChI=1S/C14H26O2/c15-13-7-3-11(4-8-13)1-2-12-5-9-14(16)10-6-12/h11-16H,1-10H2. The summed E-state index contributed by atoms with van der Waals surface area (Å²) >= 11 is 0. The number of rotatable bonds is 3. The number of hydrogen-bond donors (Lipinski definition) is 2. The van der Waals surface area contributed by atoms with Gasteiger partial charge in [-0.1, -0.05) is 12.8 Å². The molecule has 0 aliphatic heterocycles. The Morgan fingerprint density at radius 3 is 1.19 bits per heavy atom. The molecule has 0 aromatic rings. The minimum atomic E-state index is -0.0129. The molecule has 0 aromatic carbocycles. The zero-order valence-electron chi connectivity index (χ0n) is 10.3. The first-order chi connectivity index (χ1) is 7.74. The first-order valence-electron chi connectivity index (χ1n) is 7.10. The van der Waals surface area contributed by atoms with Crippen LogP contribution in [0.15, 0.2) is 0 Å². The van der Waals surface area contributed by atoms with Gasteiger partial charge in [0.2, 0.25) is 0 Å². The highest BCUT2D eigenvalue weighted by atomic mass is 16.3. The summed E-state index contributed by atoms with van der Waals surface area (Å²) in [4.78, 5) is 0. The van der Waals surface area contributed by atoms with Crippen LogP contribution in [0.5, 0.6) is 0 Å². The second-order valence-corrected chi connectivity index (χ2v) is 5.93. The van der Waals surface area contributed by atoms with Crippen molar-refractivity contribution >= 4 is 0 Å². The van der Waals surface area contributed by atoms with Gasteiger partial charge in [0, 0.05) is 0 Å². The van der Waals surface area contributed by atoms with E-state index in [0.717, 1.165) is 37.5 Å². The molecule has 0 unspecified atom stereocenters. The van der Waals surface area contributed by atoms with E-state index < -0.39 is 0 Å². The summed E-state index contributed by atoms with van der Waals surface area (Å²) in [6.45, 7) is 0. The lowest BCUT2D eigenvalue weighted by Crippen LogP contribution is -2.21. The average Bonchev–Trinajstić information content (AvgIpc) is 2.30. The fraction of sp³-hybridized carbons (Fsp3) is 1.00. The minimum Gasteiger partial charge on any atom is -0.393 e. The Morgan fingerprint density at radius 2 is 0.875 bits per heavy atom. The van der Waals surface area contributed by atoms with Crippen LogP contribution in [-0.2, 0) is 0 Å². The van der Waals surface area contributed by atoms with E-state index in [0.29, 0.717) is 0 Å². The van der Waals surface area contributed by atoms with Gasteiger partial charge in [-0.05, 0) is 63.2 Å². The van der Waals surface area contributed by atoms with Gasteiger partial charge in [-0.25, -0.2) is 0 Å². The molecule has 2 aliphatic rings. The van der Waals surface area contributed by atoms with E-state index in [1.54, 1.807) is 0 Å². The Morgan fingerprint density at radius 1 is 0.562 bits per heavy atom. The smallest absolute Gasteiger partial charge is 0.0540 e. The van der Waals surface area contributed by atoms with Crippen molar-refractivity contribution in [1.29, 1.82) is 0 Å². The lowest BCUT2D eigenvalue weighted by atomic mass is 9.79. The van der Waals surface area contributed by atoms with E-state index in [4.69, 9.17) is 0 Å². The average molecular weight is 226 g/mol. The Labute approximate surface area is 99.1 Å². The molecule has 2 heteroatoms. The van der Waals surface area contributed by atoms with Crippen molar-refractivity contribution in [1.82, 2.24) is 0 Å². The summed E-state index contributed by atoms with van der Waals surface area (Å²) < 4.78 is 0. The molecule has 0 amide bonds. The molecule has 0 atom stereocenters. The molecule has 16 heavy (non-hydrogen) atoms. The van der Waals surface area contributed by atoms with E-state index in [1.165, 1.54) is 38.5 Å². The van der Waals surface area contributed by atoms with Crippen molar-refractivity contribution in [2.75, 3.05) is 0 Å². The number of aliphatic hydroxyl groups excluding tert-OH is 2. The van der Waals surface area contributed by atoms with Crippen molar-refractivity contribution in [2.45, 2.75) is 76.4 Å². The molecule has 2 aliphatic carbocycles. The van der Waals surface area contributed by atoms with Gasteiger partial charge >= 0.3 is 0 Å². The van der Waals surface area contributed by atoms with Gasteiger partial charge < -0.3 is 10.2 Å². The summed E-state index contributed by atoms with van der Waals surface area (Å²) in [5, 5.41) is 18.9. The van der Waals surface area contributed by atoms with E-state index in [9.17, 15) is 10.2 Å². The van der Waals surface area contributed by atoms with Crippen LogP contribution in [0.3, 0.4) is 0 Å². The zero-order valence-corrected chi connectivity index (χ0v) is 10.3. The highest BCUT2D eigenvalue weighted by Crippen LogP contribution is 2.33. The van der Waals surface area contributed by atoms with Crippen LogP contribution in [0, 0.1) is 11.8 Å². The molecule has 2 rings (SSSR count). The predicted octanol–water partition coefficient (Wildman–Crippen LogP) is 2.87. The molecule has 0 aromatic heterocycles.